The molecule has 0 fully saturated rings. The molecule has 0 amide bonds. The number of carboxylic acids is 1. The van der Waals surface area contributed by atoms with Crippen LogP contribution >= 0.6 is 0 Å². The van der Waals surface area contributed by atoms with Crippen LogP contribution in [0.15, 0.2) is 23.1 Å². The molecule has 1 aliphatic rings. The Labute approximate surface area is 124 Å². The summed E-state index contributed by atoms with van der Waals surface area (Å²) >= 11 is 0. The Morgan fingerprint density at radius 2 is 2.14 bits per heavy atom. The molecule has 0 saturated carbocycles. The molecule has 1 atom stereocenters. The zero-order valence-electron chi connectivity index (χ0n) is 12.0. The van der Waals surface area contributed by atoms with Gasteiger partial charge in [-0.05, 0) is 24.0 Å². The van der Waals surface area contributed by atoms with Crippen LogP contribution in [0.1, 0.15) is 25.8 Å². The van der Waals surface area contributed by atoms with Gasteiger partial charge in [0.2, 0.25) is 10.0 Å². The van der Waals surface area contributed by atoms with Gasteiger partial charge < -0.3 is 9.84 Å². The van der Waals surface area contributed by atoms with Gasteiger partial charge >= 0.3 is 5.97 Å². The fraction of sp³-hybridized carbons (Fsp3) is 0.500. The van der Waals surface area contributed by atoms with Crippen LogP contribution in [0.2, 0.25) is 0 Å². The predicted octanol–water partition coefficient (Wildman–Crippen LogP) is 1.40. The zero-order chi connectivity index (χ0) is 15.6. The van der Waals surface area contributed by atoms with Crippen molar-refractivity contribution in [1.29, 1.82) is 0 Å². The van der Waals surface area contributed by atoms with Crippen molar-refractivity contribution in [3.8, 4) is 5.75 Å². The van der Waals surface area contributed by atoms with Gasteiger partial charge in [-0.2, -0.15) is 4.72 Å². The van der Waals surface area contributed by atoms with Gasteiger partial charge in [-0.15, -0.1) is 0 Å². The second-order valence-corrected chi connectivity index (χ2v) is 7.17. The van der Waals surface area contributed by atoms with Crippen molar-refractivity contribution in [3.05, 3.63) is 23.8 Å². The molecule has 1 aromatic rings. The molecule has 0 radical (unpaired) electrons. The number of rotatable bonds is 6. The molecular formula is C14H19NO5S. The van der Waals surface area contributed by atoms with E-state index in [4.69, 9.17) is 9.84 Å². The third-order valence-electron chi connectivity index (χ3n) is 3.27. The van der Waals surface area contributed by atoms with Gasteiger partial charge in [0.1, 0.15) is 16.7 Å². The van der Waals surface area contributed by atoms with E-state index in [2.05, 4.69) is 4.72 Å². The van der Waals surface area contributed by atoms with Gasteiger partial charge in [0.25, 0.3) is 0 Å². The number of fused-ring (bicyclic) bond motifs is 1. The minimum Gasteiger partial charge on any atom is -0.492 e. The van der Waals surface area contributed by atoms with E-state index in [1.165, 1.54) is 6.07 Å². The van der Waals surface area contributed by atoms with E-state index in [1.54, 1.807) is 6.07 Å². The number of hydrogen-bond acceptors (Lipinski definition) is 4. The average Bonchev–Trinajstić information content (AvgIpc) is 2.84. The van der Waals surface area contributed by atoms with Crippen molar-refractivity contribution in [2.75, 3.05) is 6.61 Å². The minimum absolute atomic E-state index is 0.00695. The quantitative estimate of drug-likeness (QED) is 0.828. The molecule has 2 N–H and O–H groups in total. The standard InChI is InChI=1S/C14H19NO5S/c1-9(2)8-11(14(16)17)15-21(18,19)12-5-3-4-10-6-7-20-13(10)12/h3-5,9,11,15H,6-8H2,1-2H3,(H,16,17)/t11-/m0/s1. The highest BCUT2D eigenvalue weighted by Crippen LogP contribution is 2.32. The molecule has 7 heteroatoms. The van der Waals surface area contributed by atoms with Gasteiger partial charge in [-0.1, -0.05) is 26.0 Å². The van der Waals surface area contributed by atoms with Crippen molar-refractivity contribution in [3.63, 3.8) is 0 Å². The van der Waals surface area contributed by atoms with Crippen molar-refractivity contribution < 1.29 is 23.1 Å². The lowest BCUT2D eigenvalue weighted by Crippen LogP contribution is -2.41. The Morgan fingerprint density at radius 1 is 1.43 bits per heavy atom. The number of sulfonamides is 1. The first-order valence-electron chi connectivity index (χ1n) is 6.81. The predicted molar refractivity (Wildman–Crippen MR) is 76.8 cm³/mol. The number of aliphatic carboxylic acids is 1. The van der Waals surface area contributed by atoms with E-state index in [0.717, 1.165) is 5.56 Å². The zero-order valence-corrected chi connectivity index (χ0v) is 12.8. The lowest BCUT2D eigenvalue weighted by Gasteiger charge is -2.17. The summed E-state index contributed by atoms with van der Waals surface area (Å²) in [4.78, 5) is 11.2. The SMILES string of the molecule is CC(C)C[C@H](NS(=O)(=O)c1cccc2c1OCC2)C(=O)O. The summed E-state index contributed by atoms with van der Waals surface area (Å²) in [5.74, 6) is -0.786. The van der Waals surface area contributed by atoms with Crippen LogP contribution in [-0.2, 0) is 21.2 Å². The van der Waals surface area contributed by atoms with Crippen molar-refractivity contribution in [2.45, 2.75) is 37.6 Å². The van der Waals surface area contributed by atoms with Gasteiger partial charge in [0.05, 0.1) is 6.61 Å². The van der Waals surface area contributed by atoms with Crippen LogP contribution in [0.3, 0.4) is 0 Å². The Bertz CT molecular complexity index is 639. The molecule has 2 rings (SSSR count). The topological polar surface area (TPSA) is 92.7 Å². The summed E-state index contributed by atoms with van der Waals surface area (Å²) in [6.45, 7) is 4.12. The fourth-order valence-corrected chi connectivity index (χ4v) is 3.71. The molecule has 1 heterocycles. The maximum absolute atomic E-state index is 12.4. The normalized spacial score (nSPS) is 15.6. The van der Waals surface area contributed by atoms with Crippen molar-refractivity contribution in [2.24, 2.45) is 5.92 Å². The van der Waals surface area contributed by atoms with Crippen LogP contribution in [0.4, 0.5) is 0 Å². The summed E-state index contributed by atoms with van der Waals surface area (Å²) in [5, 5.41) is 9.17. The molecule has 1 aromatic carbocycles. The summed E-state index contributed by atoms with van der Waals surface area (Å²) in [6.07, 6.45) is 0.886. The van der Waals surface area contributed by atoms with Crippen LogP contribution in [0.25, 0.3) is 0 Å². The lowest BCUT2D eigenvalue weighted by atomic mass is 10.1. The first-order valence-corrected chi connectivity index (χ1v) is 8.29. The second kappa shape index (κ2) is 6.03. The molecule has 0 unspecified atom stereocenters. The maximum Gasteiger partial charge on any atom is 0.321 e. The van der Waals surface area contributed by atoms with E-state index in [-0.39, 0.29) is 17.2 Å². The number of para-hydroxylation sites is 1. The average molecular weight is 313 g/mol. The smallest absolute Gasteiger partial charge is 0.321 e. The maximum atomic E-state index is 12.4. The second-order valence-electron chi connectivity index (χ2n) is 5.48. The lowest BCUT2D eigenvalue weighted by molar-refractivity contribution is -0.139. The molecule has 6 nitrogen and oxygen atoms in total. The minimum atomic E-state index is -3.93. The van der Waals surface area contributed by atoms with Crippen LogP contribution in [-0.4, -0.2) is 32.1 Å². The molecule has 116 valence electrons. The Kier molecular flexibility index (Phi) is 4.53. The highest BCUT2D eigenvalue weighted by Gasteiger charge is 2.30. The number of nitrogens with one attached hydrogen (secondary N) is 1. The molecule has 1 aliphatic heterocycles. The molecule has 0 aromatic heterocycles. The van der Waals surface area contributed by atoms with Crippen LogP contribution in [0, 0.1) is 5.92 Å². The first kappa shape index (κ1) is 15.8. The molecule has 0 aliphatic carbocycles. The first-order chi connectivity index (χ1) is 9.81. The van der Waals surface area contributed by atoms with E-state index >= 15 is 0 Å². The third-order valence-corrected chi connectivity index (χ3v) is 4.77. The molecule has 0 saturated heterocycles. The molecule has 0 spiro atoms. The summed E-state index contributed by atoms with van der Waals surface area (Å²) in [5.41, 5.74) is 0.827. The monoisotopic (exact) mass is 313 g/mol. The van der Waals surface area contributed by atoms with Gasteiger partial charge in [-0.25, -0.2) is 8.42 Å². The number of carbonyl (C=O) groups is 1. The highest BCUT2D eigenvalue weighted by molar-refractivity contribution is 7.89. The van der Waals surface area contributed by atoms with E-state index < -0.39 is 22.0 Å². The van der Waals surface area contributed by atoms with E-state index in [0.29, 0.717) is 18.8 Å². The number of hydrogen-bond donors (Lipinski definition) is 2. The summed E-state index contributed by atoms with van der Waals surface area (Å²) < 4.78 is 32.5. The van der Waals surface area contributed by atoms with Crippen LogP contribution < -0.4 is 9.46 Å². The number of ether oxygens (including phenoxy) is 1. The molecule has 0 bridgehead atoms. The van der Waals surface area contributed by atoms with Crippen LogP contribution in [0.5, 0.6) is 5.75 Å². The largest absolute Gasteiger partial charge is 0.492 e. The van der Waals surface area contributed by atoms with Crippen molar-refractivity contribution >= 4 is 16.0 Å². The highest BCUT2D eigenvalue weighted by atomic mass is 32.2. The van der Waals surface area contributed by atoms with Gasteiger partial charge in [0.15, 0.2) is 0 Å². The Balaban J connectivity index is 2.30. The molecular weight excluding hydrogens is 294 g/mol. The third kappa shape index (κ3) is 3.54. The Hall–Kier alpha value is -1.60. The Morgan fingerprint density at radius 3 is 2.76 bits per heavy atom. The van der Waals surface area contributed by atoms with E-state index in [1.807, 2.05) is 19.9 Å². The van der Waals surface area contributed by atoms with Gasteiger partial charge in [-0.3, -0.25) is 4.79 Å². The summed E-state index contributed by atoms with van der Waals surface area (Å²) in [6, 6.07) is 3.73. The fourth-order valence-electron chi connectivity index (χ4n) is 2.32. The van der Waals surface area contributed by atoms with Crippen molar-refractivity contribution in [1.82, 2.24) is 4.72 Å². The molecule has 21 heavy (non-hydrogen) atoms. The van der Waals surface area contributed by atoms with E-state index in [9.17, 15) is 13.2 Å². The number of benzene rings is 1. The summed E-state index contributed by atoms with van der Waals surface area (Å²) in [7, 11) is -3.93. The van der Waals surface area contributed by atoms with Gasteiger partial charge in [0, 0.05) is 6.42 Å². The number of carboxylic acid groups (broad SMARTS) is 1.